The van der Waals surface area contributed by atoms with E-state index in [2.05, 4.69) is 23.6 Å². The Hall–Kier alpha value is -2.37. The number of imide groups is 1. The minimum absolute atomic E-state index is 0.141. The maximum absolute atomic E-state index is 13.1. The predicted molar refractivity (Wildman–Crippen MR) is 101 cm³/mol. The zero-order chi connectivity index (χ0) is 19.0. The minimum Gasteiger partial charge on any atom is -0.352 e. The Kier molecular flexibility index (Phi) is 4.66. The molecule has 1 heterocycles. The first-order valence-electron chi connectivity index (χ1n) is 9.99. The standard InChI is InChI=1S/C21H27N3O3/c1-14-6-2-5-9-17(14)22-18(25)13-24-19(26)21(23-20(24)27)11-10-15-7-3-4-8-16(15)12-21/h3-4,7-8,14,17H,2,5-6,9-13H2,1H3,(H,22,25)(H,23,27)/t14-,17+,21+/m0/s1. The van der Waals surface area contributed by atoms with Crippen LogP contribution in [0, 0.1) is 5.92 Å². The highest BCUT2D eigenvalue weighted by Gasteiger charge is 2.52. The van der Waals surface area contributed by atoms with Gasteiger partial charge in [-0.3, -0.25) is 14.5 Å². The van der Waals surface area contributed by atoms with Crippen LogP contribution in [0.25, 0.3) is 0 Å². The van der Waals surface area contributed by atoms with E-state index in [0.29, 0.717) is 18.8 Å². The summed E-state index contributed by atoms with van der Waals surface area (Å²) < 4.78 is 0. The van der Waals surface area contributed by atoms with Gasteiger partial charge in [0, 0.05) is 12.5 Å². The van der Waals surface area contributed by atoms with Crippen molar-refractivity contribution in [3.05, 3.63) is 35.4 Å². The summed E-state index contributed by atoms with van der Waals surface area (Å²) >= 11 is 0. The molecule has 6 heteroatoms. The van der Waals surface area contributed by atoms with Gasteiger partial charge in [-0.1, -0.05) is 44.0 Å². The van der Waals surface area contributed by atoms with Crippen molar-refractivity contribution in [3.63, 3.8) is 0 Å². The number of rotatable bonds is 3. The first-order valence-corrected chi connectivity index (χ1v) is 9.99. The number of amides is 4. The lowest BCUT2D eigenvalue weighted by Crippen LogP contribution is -2.52. The normalized spacial score (nSPS) is 30.2. The van der Waals surface area contributed by atoms with Crippen LogP contribution in [0.3, 0.4) is 0 Å². The van der Waals surface area contributed by atoms with Crippen LogP contribution in [0.2, 0.25) is 0 Å². The molecule has 3 atom stereocenters. The van der Waals surface area contributed by atoms with Gasteiger partial charge in [0.1, 0.15) is 12.1 Å². The highest BCUT2D eigenvalue weighted by atomic mass is 16.2. The number of urea groups is 1. The third-order valence-electron chi connectivity index (χ3n) is 6.44. The van der Waals surface area contributed by atoms with E-state index in [1.54, 1.807) is 0 Å². The second kappa shape index (κ2) is 6.98. The molecule has 1 saturated carbocycles. The van der Waals surface area contributed by atoms with Crippen LogP contribution >= 0.6 is 0 Å². The van der Waals surface area contributed by atoms with Crippen molar-refractivity contribution in [2.45, 2.75) is 63.5 Å². The molecular formula is C21H27N3O3. The van der Waals surface area contributed by atoms with E-state index in [1.165, 1.54) is 12.0 Å². The van der Waals surface area contributed by atoms with E-state index in [1.807, 2.05) is 18.2 Å². The Morgan fingerprint density at radius 3 is 2.74 bits per heavy atom. The summed E-state index contributed by atoms with van der Waals surface area (Å²) in [6, 6.07) is 7.72. The van der Waals surface area contributed by atoms with Crippen molar-refractivity contribution in [1.82, 2.24) is 15.5 Å². The number of carbonyl (C=O) groups is 3. The van der Waals surface area contributed by atoms with E-state index >= 15 is 0 Å². The SMILES string of the molecule is C[C@H]1CCCC[C@H]1NC(=O)CN1C(=O)N[C@@]2(CCc3ccccc3C2)C1=O. The second-order valence-electron chi connectivity index (χ2n) is 8.28. The predicted octanol–water partition coefficient (Wildman–Crippen LogP) is 2.16. The van der Waals surface area contributed by atoms with Crippen LogP contribution in [-0.2, 0) is 22.4 Å². The Labute approximate surface area is 159 Å². The number of hydrogen-bond donors (Lipinski definition) is 2. The van der Waals surface area contributed by atoms with Gasteiger partial charge >= 0.3 is 6.03 Å². The van der Waals surface area contributed by atoms with Gasteiger partial charge in [-0.05, 0) is 42.7 Å². The lowest BCUT2D eigenvalue weighted by Gasteiger charge is -2.32. The maximum atomic E-state index is 13.1. The monoisotopic (exact) mass is 369 g/mol. The zero-order valence-electron chi connectivity index (χ0n) is 15.8. The van der Waals surface area contributed by atoms with Gasteiger partial charge in [-0.15, -0.1) is 0 Å². The highest BCUT2D eigenvalue weighted by molar-refractivity contribution is 6.09. The highest BCUT2D eigenvalue weighted by Crippen LogP contribution is 2.33. The summed E-state index contributed by atoms with van der Waals surface area (Å²) in [5.74, 6) is -0.0775. The van der Waals surface area contributed by atoms with Gasteiger partial charge in [0.25, 0.3) is 5.91 Å². The van der Waals surface area contributed by atoms with E-state index in [0.717, 1.165) is 36.1 Å². The van der Waals surface area contributed by atoms with Crippen molar-refractivity contribution >= 4 is 17.8 Å². The van der Waals surface area contributed by atoms with Crippen molar-refractivity contribution in [3.8, 4) is 0 Å². The summed E-state index contributed by atoms with van der Waals surface area (Å²) in [4.78, 5) is 39.1. The Morgan fingerprint density at radius 1 is 1.22 bits per heavy atom. The van der Waals surface area contributed by atoms with Gasteiger partial charge in [0.15, 0.2) is 0 Å². The van der Waals surface area contributed by atoms with E-state index in [9.17, 15) is 14.4 Å². The molecule has 2 N–H and O–H groups in total. The number of hydrogen-bond acceptors (Lipinski definition) is 3. The van der Waals surface area contributed by atoms with E-state index in [-0.39, 0.29) is 24.4 Å². The quantitative estimate of drug-likeness (QED) is 0.802. The van der Waals surface area contributed by atoms with Gasteiger partial charge < -0.3 is 10.6 Å². The summed E-state index contributed by atoms with van der Waals surface area (Å²) in [5.41, 5.74) is 1.43. The lowest BCUT2D eigenvalue weighted by atomic mass is 9.78. The second-order valence-corrected chi connectivity index (χ2v) is 8.28. The van der Waals surface area contributed by atoms with Gasteiger partial charge in [-0.25, -0.2) is 4.79 Å². The molecule has 6 nitrogen and oxygen atoms in total. The molecule has 2 fully saturated rings. The molecule has 0 aromatic heterocycles. The zero-order valence-corrected chi connectivity index (χ0v) is 15.8. The third-order valence-corrected chi connectivity index (χ3v) is 6.44. The smallest absolute Gasteiger partial charge is 0.325 e. The van der Waals surface area contributed by atoms with E-state index in [4.69, 9.17) is 0 Å². The molecule has 2 aliphatic carbocycles. The average Bonchev–Trinajstić information content (AvgIpc) is 2.87. The first kappa shape index (κ1) is 18.0. The third kappa shape index (κ3) is 3.33. The van der Waals surface area contributed by atoms with Crippen LogP contribution in [0.15, 0.2) is 24.3 Å². The summed E-state index contributed by atoms with van der Waals surface area (Å²) in [5, 5.41) is 5.92. The largest absolute Gasteiger partial charge is 0.352 e. The Bertz CT molecular complexity index is 778. The fraction of sp³-hybridized carbons (Fsp3) is 0.571. The molecule has 1 aromatic carbocycles. The van der Waals surface area contributed by atoms with Crippen molar-refractivity contribution in [2.24, 2.45) is 5.92 Å². The fourth-order valence-corrected chi connectivity index (χ4v) is 4.77. The van der Waals surface area contributed by atoms with Crippen LogP contribution < -0.4 is 10.6 Å². The molecule has 1 aromatic rings. The number of benzene rings is 1. The molecule has 0 unspecified atom stereocenters. The summed E-state index contributed by atoms with van der Waals surface area (Å²) in [6.07, 6.45) is 6.20. The van der Waals surface area contributed by atoms with Crippen LogP contribution in [-0.4, -0.2) is 40.9 Å². The number of carbonyl (C=O) groups excluding carboxylic acids is 3. The van der Waals surface area contributed by atoms with Crippen LogP contribution in [0.1, 0.15) is 50.2 Å². The van der Waals surface area contributed by atoms with Crippen molar-refractivity contribution < 1.29 is 14.4 Å². The molecule has 1 spiro atoms. The van der Waals surface area contributed by atoms with Gasteiger partial charge in [0.2, 0.25) is 5.91 Å². The van der Waals surface area contributed by atoms with Crippen LogP contribution in [0.5, 0.6) is 0 Å². The first-order chi connectivity index (χ1) is 13.0. The number of nitrogens with one attached hydrogen (secondary N) is 2. The molecule has 4 rings (SSSR count). The van der Waals surface area contributed by atoms with E-state index < -0.39 is 11.6 Å². The Balaban J connectivity index is 1.43. The van der Waals surface area contributed by atoms with Crippen LogP contribution in [0.4, 0.5) is 4.79 Å². The molecule has 27 heavy (non-hydrogen) atoms. The molecule has 0 radical (unpaired) electrons. The lowest BCUT2D eigenvalue weighted by molar-refractivity contribution is -0.135. The number of aryl methyl sites for hydroxylation is 1. The summed E-state index contributed by atoms with van der Waals surface area (Å²) in [6.45, 7) is 1.95. The fourth-order valence-electron chi connectivity index (χ4n) is 4.77. The number of nitrogens with zero attached hydrogens (tertiary/aromatic N) is 1. The van der Waals surface area contributed by atoms with Gasteiger partial charge in [0.05, 0.1) is 0 Å². The Morgan fingerprint density at radius 2 is 1.96 bits per heavy atom. The minimum atomic E-state index is -0.899. The molecule has 4 amide bonds. The number of fused-ring (bicyclic) bond motifs is 1. The molecule has 1 aliphatic heterocycles. The average molecular weight is 369 g/mol. The molecular weight excluding hydrogens is 342 g/mol. The topological polar surface area (TPSA) is 78.5 Å². The van der Waals surface area contributed by atoms with Crippen molar-refractivity contribution in [2.75, 3.05) is 6.54 Å². The molecule has 0 bridgehead atoms. The molecule has 1 saturated heterocycles. The van der Waals surface area contributed by atoms with Crippen molar-refractivity contribution in [1.29, 1.82) is 0 Å². The maximum Gasteiger partial charge on any atom is 0.325 e. The van der Waals surface area contributed by atoms with Gasteiger partial charge in [-0.2, -0.15) is 0 Å². The summed E-state index contributed by atoms with van der Waals surface area (Å²) in [7, 11) is 0. The molecule has 3 aliphatic rings. The molecule has 144 valence electrons.